The lowest BCUT2D eigenvalue weighted by Gasteiger charge is -2.29. The van der Waals surface area contributed by atoms with Crippen molar-refractivity contribution in [2.24, 2.45) is 13.0 Å². The minimum Gasteiger partial charge on any atom is -0.349 e. The maximum atomic E-state index is 12.2. The van der Waals surface area contributed by atoms with Crippen molar-refractivity contribution < 1.29 is 4.79 Å². The summed E-state index contributed by atoms with van der Waals surface area (Å²) in [4.78, 5) is 14.6. The number of aryl methyl sites for hydroxylation is 2. The van der Waals surface area contributed by atoms with Gasteiger partial charge in [0.2, 0.25) is 5.91 Å². The molecule has 0 aliphatic carbocycles. The fourth-order valence-electron chi connectivity index (χ4n) is 3.38. The minimum absolute atomic E-state index is 0.0333. The van der Waals surface area contributed by atoms with Crippen molar-refractivity contribution in [1.82, 2.24) is 40.2 Å². The fourth-order valence-corrected chi connectivity index (χ4v) is 3.38. The Morgan fingerprint density at radius 2 is 2.15 bits per heavy atom. The van der Waals surface area contributed by atoms with Crippen LogP contribution in [0.4, 0.5) is 0 Å². The molecular weight excluding hydrogens is 344 g/mol. The Kier molecular flexibility index (Phi) is 6.54. The molecular formula is C18H30N8O. The first kappa shape index (κ1) is 19.5. The molecule has 0 radical (unpaired) electrons. The summed E-state index contributed by atoms with van der Waals surface area (Å²) < 4.78 is 3.57. The van der Waals surface area contributed by atoms with Crippen LogP contribution in [0.5, 0.6) is 0 Å². The Morgan fingerprint density at radius 1 is 1.37 bits per heavy atom. The van der Waals surface area contributed by atoms with E-state index in [1.807, 2.05) is 24.9 Å². The highest BCUT2D eigenvalue weighted by atomic mass is 16.1. The lowest BCUT2D eigenvalue weighted by atomic mass is 9.99. The highest BCUT2D eigenvalue weighted by Crippen LogP contribution is 2.17. The number of tetrazole rings is 1. The van der Waals surface area contributed by atoms with Crippen molar-refractivity contribution in [3.05, 3.63) is 23.8 Å². The topological polar surface area (TPSA) is 93.8 Å². The van der Waals surface area contributed by atoms with Crippen LogP contribution >= 0.6 is 0 Å². The molecule has 3 rings (SSSR count). The van der Waals surface area contributed by atoms with Gasteiger partial charge < -0.3 is 5.32 Å². The van der Waals surface area contributed by atoms with Gasteiger partial charge in [-0.3, -0.25) is 14.4 Å². The smallest absolute Gasteiger partial charge is 0.220 e. The van der Waals surface area contributed by atoms with Crippen LogP contribution in [0.15, 0.2) is 12.4 Å². The van der Waals surface area contributed by atoms with E-state index in [-0.39, 0.29) is 11.9 Å². The van der Waals surface area contributed by atoms with Crippen LogP contribution in [0.1, 0.15) is 57.0 Å². The van der Waals surface area contributed by atoms with E-state index >= 15 is 0 Å². The first-order valence-electron chi connectivity index (χ1n) is 9.76. The van der Waals surface area contributed by atoms with Gasteiger partial charge in [0.25, 0.3) is 0 Å². The van der Waals surface area contributed by atoms with E-state index < -0.39 is 0 Å². The van der Waals surface area contributed by atoms with E-state index in [1.54, 1.807) is 10.9 Å². The molecule has 1 aliphatic heterocycles. The summed E-state index contributed by atoms with van der Waals surface area (Å²) in [5.41, 5.74) is 1.00. The highest BCUT2D eigenvalue weighted by molar-refractivity contribution is 5.76. The van der Waals surface area contributed by atoms with E-state index in [0.717, 1.165) is 36.9 Å². The van der Waals surface area contributed by atoms with Crippen molar-refractivity contribution in [3.8, 4) is 0 Å². The van der Waals surface area contributed by atoms with E-state index in [0.29, 0.717) is 19.4 Å². The van der Waals surface area contributed by atoms with Crippen LogP contribution in [0.3, 0.4) is 0 Å². The SMILES string of the molecule is CC1CCN(Cc2nnnn2CCCC(=O)NC(C)c2cnn(C)c2)CC1. The number of rotatable bonds is 8. The van der Waals surface area contributed by atoms with Gasteiger partial charge in [0, 0.05) is 31.8 Å². The summed E-state index contributed by atoms with van der Waals surface area (Å²) in [5.74, 6) is 1.73. The molecule has 2 aromatic rings. The number of piperidine rings is 1. The Bertz CT molecular complexity index is 731. The zero-order valence-corrected chi connectivity index (χ0v) is 16.5. The summed E-state index contributed by atoms with van der Waals surface area (Å²) >= 11 is 0. The summed E-state index contributed by atoms with van der Waals surface area (Å²) in [6.45, 7) is 7.91. The molecule has 9 nitrogen and oxygen atoms in total. The number of hydrogen-bond donors (Lipinski definition) is 1. The maximum absolute atomic E-state index is 12.2. The number of likely N-dealkylation sites (tertiary alicyclic amines) is 1. The van der Waals surface area contributed by atoms with Crippen LogP contribution in [0.25, 0.3) is 0 Å². The second-order valence-electron chi connectivity index (χ2n) is 7.62. The van der Waals surface area contributed by atoms with Gasteiger partial charge in [-0.2, -0.15) is 5.10 Å². The third kappa shape index (κ3) is 5.59. The number of carbonyl (C=O) groups excluding carboxylic acids is 1. The number of nitrogens with one attached hydrogen (secondary N) is 1. The van der Waals surface area contributed by atoms with Gasteiger partial charge in [-0.15, -0.1) is 5.10 Å². The van der Waals surface area contributed by atoms with E-state index in [1.165, 1.54) is 12.8 Å². The molecule has 1 amide bonds. The van der Waals surface area contributed by atoms with Crippen LogP contribution in [0, 0.1) is 5.92 Å². The van der Waals surface area contributed by atoms with E-state index in [2.05, 4.69) is 37.8 Å². The predicted octanol–water partition coefficient (Wildman–Crippen LogP) is 1.30. The predicted molar refractivity (Wildman–Crippen MR) is 100 cm³/mol. The number of amides is 1. The summed E-state index contributed by atoms with van der Waals surface area (Å²) in [6, 6.07) is -0.0451. The Hall–Kier alpha value is -2.29. The zero-order chi connectivity index (χ0) is 19.2. The zero-order valence-electron chi connectivity index (χ0n) is 16.5. The molecule has 3 heterocycles. The summed E-state index contributed by atoms with van der Waals surface area (Å²) in [7, 11) is 1.87. The first-order valence-corrected chi connectivity index (χ1v) is 9.76. The third-order valence-corrected chi connectivity index (χ3v) is 5.22. The number of aromatic nitrogens is 6. The molecule has 0 aromatic carbocycles. The van der Waals surface area contributed by atoms with Gasteiger partial charge in [-0.05, 0) is 55.6 Å². The second kappa shape index (κ2) is 9.07. The van der Waals surface area contributed by atoms with Gasteiger partial charge in [-0.25, -0.2) is 4.68 Å². The first-order chi connectivity index (χ1) is 13.0. The van der Waals surface area contributed by atoms with Crippen LogP contribution in [-0.4, -0.2) is 53.9 Å². The number of hydrogen-bond acceptors (Lipinski definition) is 6. The molecule has 1 atom stereocenters. The molecule has 1 unspecified atom stereocenters. The van der Waals surface area contributed by atoms with E-state index in [4.69, 9.17) is 0 Å². The van der Waals surface area contributed by atoms with Crippen molar-refractivity contribution in [1.29, 1.82) is 0 Å². The Morgan fingerprint density at radius 3 is 2.85 bits per heavy atom. The average Bonchev–Trinajstić information content (AvgIpc) is 3.26. The molecule has 1 fully saturated rings. The normalized spacial score (nSPS) is 17.1. The van der Waals surface area contributed by atoms with E-state index in [9.17, 15) is 4.79 Å². The lowest BCUT2D eigenvalue weighted by Crippen LogP contribution is -2.33. The molecule has 27 heavy (non-hydrogen) atoms. The lowest BCUT2D eigenvalue weighted by molar-refractivity contribution is -0.121. The second-order valence-corrected chi connectivity index (χ2v) is 7.62. The molecule has 1 aliphatic rings. The number of nitrogens with zero attached hydrogens (tertiary/aromatic N) is 7. The molecule has 1 saturated heterocycles. The summed E-state index contributed by atoms with van der Waals surface area (Å²) in [6.07, 6.45) is 7.32. The van der Waals surface area contributed by atoms with Crippen molar-refractivity contribution in [2.75, 3.05) is 13.1 Å². The molecule has 1 N–H and O–H groups in total. The van der Waals surface area contributed by atoms with Gasteiger partial charge in [0.05, 0.1) is 18.8 Å². The molecule has 0 saturated carbocycles. The van der Waals surface area contributed by atoms with Crippen molar-refractivity contribution in [3.63, 3.8) is 0 Å². The summed E-state index contributed by atoms with van der Waals surface area (Å²) in [5, 5.41) is 19.2. The highest BCUT2D eigenvalue weighted by Gasteiger charge is 2.18. The Balaban J connectivity index is 1.41. The fraction of sp³-hybridized carbons (Fsp3) is 0.722. The van der Waals surface area contributed by atoms with Crippen LogP contribution in [-0.2, 0) is 24.9 Å². The average molecular weight is 374 g/mol. The maximum Gasteiger partial charge on any atom is 0.220 e. The molecule has 148 valence electrons. The molecule has 0 bridgehead atoms. The Labute approximate surface area is 160 Å². The standard InChI is InChI=1S/C18H30N8O/c1-14-6-9-25(10-7-14)13-17-21-22-23-26(17)8-4-5-18(27)20-15(2)16-11-19-24(3)12-16/h11-12,14-15H,4-10,13H2,1-3H3,(H,20,27). The molecule has 9 heteroatoms. The largest absolute Gasteiger partial charge is 0.349 e. The van der Waals surface area contributed by atoms with Crippen molar-refractivity contribution >= 4 is 5.91 Å². The third-order valence-electron chi connectivity index (χ3n) is 5.22. The van der Waals surface area contributed by atoms with Crippen molar-refractivity contribution in [2.45, 2.75) is 58.7 Å². The molecule has 0 spiro atoms. The number of carbonyl (C=O) groups is 1. The quantitative estimate of drug-likeness (QED) is 0.748. The van der Waals surface area contributed by atoms with Crippen LogP contribution < -0.4 is 5.32 Å². The van der Waals surface area contributed by atoms with Gasteiger partial charge in [-0.1, -0.05) is 6.92 Å². The molecule has 2 aromatic heterocycles. The monoisotopic (exact) mass is 374 g/mol. The minimum atomic E-state index is -0.0451. The van der Waals surface area contributed by atoms with Gasteiger partial charge in [0.1, 0.15) is 0 Å². The van der Waals surface area contributed by atoms with Crippen LogP contribution in [0.2, 0.25) is 0 Å². The van der Waals surface area contributed by atoms with Gasteiger partial charge >= 0.3 is 0 Å². The van der Waals surface area contributed by atoms with Gasteiger partial charge in [0.15, 0.2) is 5.82 Å².